The van der Waals surface area contributed by atoms with Gasteiger partial charge in [-0.25, -0.2) is 0 Å². The third kappa shape index (κ3) is 3.79. The lowest BCUT2D eigenvalue weighted by Crippen LogP contribution is -2.25. The average Bonchev–Trinajstić information content (AvgIpc) is 3.01. The predicted molar refractivity (Wildman–Crippen MR) is 91.5 cm³/mol. The number of aromatic nitrogens is 2. The Morgan fingerprint density at radius 3 is 2.71 bits per heavy atom. The van der Waals surface area contributed by atoms with Crippen LogP contribution in [-0.2, 0) is 13.0 Å². The smallest absolute Gasteiger partial charge is 0.173 e. The van der Waals surface area contributed by atoms with Crippen molar-refractivity contribution in [2.75, 3.05) is 6.54 Å². The van der Waals surface area contributed by atoms with E-state index in [0.717, 1.165) is 46.3 Å². The Morgan fingerprint density at radius 2 is 2.14 bits per heavy atom. The van der Waals surface area contributed by atoms with Gasteiger partial charge in [-0.1, -0.05) is 6.92 Å². The maximum atomic E-state index is 5.40. The minimum absolute atomic E-state index is 0.204. The van der Waals surface area contributed by atoms with Crippen molar-refractivity contribution in [2.45, 2.75) is 46.2 Å². The van der Waals surface area contributed by atoms with Gasteiger partial charge in [0.15, 0.2) is 4.67 Å². The van der Waals surface area contributed by atoms with Crippen molar-refractivity contribution < 1.29 is 4.42 Å². The quantitative estimate of drug-likeness (QED) is 0.713. The highest BCUT2D eigenvalue weighted by Crippen LogP contribution is 2.30. The third-order valence-electron chi connectivity index (χ3n) is 3.51. The van der Waals surface area contributed by atoms with E-state index in [1.807, 2.05) is 13.0 Å². The number of nitrogens with one attached hydrogen (secondary N) is 1. The van der Waals surface area contributed by atoms with Gasteiger partial charge >= 0.3 is 0 Å². The van der Waals surface area contributed by atoms with E-state index in [1.165, 1.54) is 5.69 Å². The van der Waals surface area contributed by atoms with Gasteiger partial charge in [0.25, 0.3) is 0 Å². The molecule has 0 radical (unpaired) electrons. The van der Waals surface area contributed by atoms with Crippen LogP contribution in [0.2, 0.25) is 0 Å². The van der Waals surface area contributed by atoms with Crippen LogP contribution in [0.1, 0.15) is 43.3 Å². The lowest BCUT2D eigenvalue weighted by molar-refractivity contribution is 0.482. The molecule has 1 unspecified atom stereocenters. The number of halogens is 2. The van der Waals surface area contributed by atoms with E-state index in [9.17, 15) is 0 Å². The fourth-order valence-corrected chi connectivity index (χ4v) is 3.38. The summed E-state index contributed by atoms with van der Waals surface area (Å²) < 4.78 is 9.36. The van der Waals surface area contributed by atoms with Crippen molar-refractivity contribution in [1.29, 1.82) is 0 Å². The van der Waals surface area contributed by atoms with Gasteiger partial charge in [-0.3, -0.25) is 4.68 Å². The number of nitrogens with zero attached hydrogens (tertiary/aromatic N) is 2. The van der Waals surface area contributed by atoms with Gasteiger partial charge in [-0.2, -0.15) is 5.10 Å². The molecule has 0 bridgehead atoms. The summed E-state index contributed by atoms with van der Waals surface area (Å²) in [5, 5.41) is 8.17. The molecule has 0 saturated heterocycles. The van der Waals surface area contributed by atoms with E-state index >= 15 is 0 Å². The highest BCUT2D eigenvalue weighted by atomic mass is 79.9. The van der Waals surface area contributed by atoms with Crippen LogP contribution in [0.5, 0.6) is 0 Å². The molecule has 0 aromatic carbocycles. The van der Waals surface area contributed by atoms with Crippen molar-refractivity contribution in [1.82, 2.24) is 15.1 Å². The van der Waals surface area contributed by atoms with Crippen molar-refractivity contribution in [3.63, 3.8) is 0 Å². The molecule has 0 saturated carbocycles. The first kappa shape index (κ1) is 16.8. The SMILES string of the molecule is CCCNC(Cc1c(Br)c(C)nn1CC)c1ccoc1Br. The van der Waals surface area contributed by atoms with E-state index < -0.39 is 0 Å². The first-order valence-corrected chi connectivity index (χ1v) is 8.85. The second-order valence-corrected chi connectivity index (χ2v) is 6.54. The van der Waals surface area contributed by atoms with E-state index in [2.05, 4.69) is 60.8 Å². The molecule has 0 aliphatic heterocycles. The molecule has 2 aromatic rings. The highest BCUT2D eigenvalue weighted by molar-refractivity contribution is 9.10. The van der Waals surface area contributed by atoms with Gasteiger partial charge in [-0.05, 0) is 64.7 Å². The molecule has 6 heteroatoms. The van der Waals surface area contributed by atoms with Crippen molar-refractivity contribution in [3.8, 4) is 0 Å². The van der Waals surface area contributed by atoms with Gasteiger partial charge in [-0.15, -0.1) is 0 Å². The molecule has 2 aromatic heterocycles. The maximum absolute atomic E-state index is 5.40. The van der Waals surface area contributed by atoms with Gasteiger partial charge in [0.1, 0.15) is 0 Å². The number of aryl methyl sites for hydroxylation is 2. The van der Waals surface area contributed by atoms with E-state index in [4.69, 9.17) is 4.42 Å². The lowest BCUT2D eigenvalue weighted by atomic mass is 10.0. The van der Waals surface area contributed by atoms with Crippen molar-refractivity contribution in [2.24, 2.45) is 0 Å². The van der Waals surface area contributed by atoms with Crippen LogP contribution in [0.25, 0.3) is 0 Å². The van der Waals surface area contributed by atoms with Crippen LogP contribution >= 0.6 is 31.9 Å². The Kier molecular flexibility index (Phi) is 6.08. The molecule has 0 spiro atoms. The molecular weight excluding hydrogens is 398 g/mol. The first-order chi connectivity index (χ1) is 10.1. The van der Waals surface area contributed by atoms with Gasteiger partial charge in [0.2, 0.25) is 0 Å². The van der Waals surface area contributed by atoms with Crippen LogP contribution < -0.4 is 5.32 Å². The van der Waals surface area contributed by atoms with Gasteiger partial charge in [0.05, 0.1) is 22.1 Å². The summed E-state index contributed by atoms with van der Waals surface area (Å²) in [6.07, 6.45) is 3.68. The summed E-state index contributed by atoms with van der Waals surface area (Å²) in [4.78, 5) is 0. The molecule has 0 aliphatic carbocycles. The minimum Gasteiger partial charge on any atom is -0.457 e. The minimum atomic E-state index is 0.204. The lowest BCUT2D eigenvalue weighted by Gasteiger charge is -2.18. The number of hydrogen-bond acceptors (Lipinski definition) is 3. The summed E-state index contributed by atoms with van der Waals surface area (Å²) in [6, 6.07) is 2.22. The van der Waals surface area contributed by atoms with Crippen LogP contribution in [0.15, 0.2) is 25.9 Å². The Morgan fingerprint density at radius 1 is 1.38 bits per heavy atom. The second kappa shape index (κ2) is 7.61. The van der Waals surface area contributed by atoms with Crippen LogP contribution in [-0.4, -0.2) is 16.3 Å². The number of furan rings is 1. The molecular formula is C15H21Br2N3O. The van der Waals surface area contributed by atoms with Crippen LogP contribution in [0, 0.1) is 6.92 Å². The number of hydrogen-bond donors (Lipinski definition) is 1. The Hall–Kier alpha value is -0.590. The third-order valence-corrected chi connectivity index (χ3v) is 5.19. The average molecular weight is 419 g/mol. The first-order valence-electron chi connectivity index (χ1n) is 7.26. The fraction of sp³-hybridized carbons (Fsp3) is 0.533. The summed E-state index contributed by atoms with van der Waals surface area (Å²) in [5.41, 5.74) is 3.40. The molecule has 0 aliphatic rings. The molecule has 4 nitrogen and oxygen atoms in total. The number of rotatable bonds is 7. The molecule has 2 rings (SSSR count). The van der Waals surface area contributed by atoms with Crippen molar-refractivity contribution in [3.05, 3.63) is 38.4 Å². The van der Waals surface area contributed by atoms with E-state index in [1.54, 1.807) is 6.26 Å². The fourth-order valence-electron chi connectivity index (χ4n) is 2.42. The monoisotopic (exact) mass is 417 g/mol. The summed E-state index contributed by atoms with van der Waals surface area (Å²) >= 11 is 7.16. The van der Waals surface area contributed by atoms with Crippen LogP contribution in [0.3, 0.4) is 0 Å². The Labute approximate surface area is 142 Å². The van der Waals surface area contributed by atoms with Gasteiger partial charge < -0.3 is 9.73 Å². The normalized spacial score (nSPS) is 12.8. The molecule has 1 atom stereocenters. The standard InChI is InChI=1S/C15H21Br2N3O/c1-4-7-18-12(11-6-8-21-15(11)17)9-13-14(16)10(3)19-20(13)5-2/h6,8,12,18H,4-5,7,9H2,1-3H3. The van der Waals surface area contributed by atoms with Crippen LogP contribution in [0.4, 0.5) is 0 Å². The highest BCUT2D eigenvalue weighted by Gasteiger charge is 2.21. The van der Waals surface area contributed by atoms with E-state index in [0.29, 0.717) is 0 Å². The summed E-state index contributed by atoms with van der Waals surface area (Å²) in [5.74, 6) is 0. The topological polar surface area (TPSA) is 43.0 Å². The molecule has 116 valence electrons. The van der Waals surface area contributed by atoms with E-state index in [-0.39, 0.29) is 6.04 Å². The summed E-state index contributed by atoms with van der Waals surface area (Å²) in [7, 11) is 0. The van der Waals surface area contributed by atoms with Gasteiger partial charge in [0, 0.05) is 24.6 Å². The maximum Gasteiger partial charge on any atom is 0.173 e. The summed E-state index contributed by atoms with van der Waals surface area (Å²) in [6.45, 7) is 8.16. The zero-order chi connectivity index (χ0) is 15.4. The zero-order valence-electron chi connectivity index (χ0n) is 12.6. The van der Waals surface area contributed by atoms with Crippen molar-refractivity contribution >= 4 is 31.9 Å². The molecule has 2 heterocycles. The molecule has 21 heavy (non-hydrogen) atoms. The predicted octanol–water partition coefficient (Wildman–Crippen LogP) is 4.61. The zero-order valence-corrected chi connectivity index (χ0v) is 15.8. The molecule has 0 amide bonds. The second-order valence-electron chi connectivity index (χ2n) is 5.02. The molecule has 0 fully saturated rings. The largest absolute Gasteiger partial charge is 0.457 e. The molecule has 1 N–H and O–H groups in total. The Bertz CT molecular complexity index is 592. The Balaban J connectivity index is 2.29.